The largest absolute Gasteiger partial charge is 0.383 e. The number of aromatic nitrogens is 2. The van der Waals surface area contributed by atoms with E-state index in [0.29, 0.717) is 18.8 Å². The van der Waals surface area contributed by atoms with Gasteiger partial charge in [0.2, 0.25) is 0 Å². The second-order valence-corrected chi connectivity index (χ2v) is 4.39. The molecule has 0 saturated heterocycles. The first-order valence-electron chi connectivity index (χ1n) is 6.42. The molecule has 0 saturated carbocycles. The van der Waals surface area contributed by atoms with Crippen LogP contribution in [0.1, 0.15) is 28.7 Å². The fourth-order valence-corrected chi connectivity index (χ4v) is 2.09. The Hall–Kier alpha value is -1.88. The number of ether oxygens (including phenoxy) is 1. The third-order valence-electron chi connectivity index (χ3n) is 3.06. The second kappa shape index (κ2) is 5.84. The highest BCUT2D eigenvalue weighted by Crippen LogP contribution is 2.16. The second-order valence-electron chi connectivity index (χ2n) is 4.39. The quantitative estimate of drug-likeness (QED) is 0.831. The first-order chi connectivity index (χ1) is 9.19. The molecule has 1 N–H and O–H groups in total. The number of nitrogens with one attached hydrogen (secondary N) is 1. The number of methoxy groups -OCH3 is 1. The van der Waals surface area contributed by atoms with E-state index in [2.05, 4.69) is 10.3 Å². The van der Waals surface area contributed by atoms with Crippen LogP contribution in [0.4, 0.5) is 0 Å². The first kappa shape index (κ1) is 13.5. The molecule has 0 bridgehead atoms. The van der Waals surface area contributed by atoms with E-state index in [4.69, 9.17) is 4.74 Å². The van der Waals surface area contributed by atoms with Gasteiger partial charge in [0.1, 0.15) is 11.3 Å². The van der Waals surface area contributed by atoms with E-state index >= 15 is 0 Å². The predicted molar refractivity (Wildman–Crippen MR) is 73.5 cm³/mol. The topological polar surface area (TPSA) is 55.6 Å². The van der Waals surface area contributed by atoms with Gasteiger partial charge >= 0.3 is 0 Å². The van der Waals surface area contributed by atoms with Crippen LogP contribution in [0.5, 0.6) is 0 Å². The van der Waals surface area contributed by atoms with Gasteiger partial charge in [0.15, 0.2) is 0 Å². The third kappa shape index (κ3) is 2.61. The highest BCUT2D eigenvalue weighted by atomic mass is 16.5. The molecule has 0 radical (unpaired) electrons. The molecule has 2 rings (SSSR count). The zero-order valence-electron chi connectivity index (χ0n) is 11.6. The van der Waals surface area contributed by atoms with E-state index in [0.717, 1.165) is 23.3 Å². The van der Waals surface area contributed by atoms with Gasteiger partial charge in [0.25, 0.3) is 5.91 Å². The van der Waals surface area contributed by atoms with E-state index in [1.54, 1.807) is 7.11 Å². The molecule has 0 fully saturated rings. The minimum Gasteiger partial charge on any atom is -0.383 e. The molecule has 0 spiro atoms. The molecule has 0 atom stereocenters. The maximum absolute atomic E-state index is 12.3. The van der Waals surface area contributed by atoms with E-state index in [1.165, 1.54) is 0 Å². The molecular formula is C14H19N3O2. The Kier molecular flexibility index (Phi) is 4.16. The summed E-state index contributed by atoms with van der Waals surface area (Å²) in [7, 11) is 1.61. The number of carbonyl (C=O) groups excluding carboxylic acids is 1. The average molecular weight is 261 g/mol. The molecule has 0 aliphatic rings. The van der Waals surface area contributed by atoms with Crippen molar-refractivity contribution in [3.63, 3.8) is 0 Å². The fraction of sp³-hybridized carbons (Fsp3) is 0.429. The Morgan fingerprint density at radius 3 is 3.00 bits per heavy atom. The van der Waals surface area contributed by atoms with Crippen LogP contribution in [0.3, 0.4) is 0 Å². The van der Waals surface area contributed by atoms with Crippen LogP contribution in [0.25, 0.3) is 5.65 Å². The average Bonchev–Trinajstić information content (AvgIpc) is 2.79. The number of carbonyl (C=O) groups is 1. The van der Waals surface area contributed by atoms with Crippen molar-refractivity contribution in [1.29, 1.82) is 0 Å². The van der Waals surface area contributed by atoms with Gasteiger partial charge in [-0.25, -0.2) is 4.98 Å². The number of rotatable bonds is 5. The van der Waals surface area contributed by atoms with Crippen LogP contribution < -0.4 is 5.32 Å². The van der Waals surface area contributed by atoms with Crippen molar-refractivity contribution in [1.82, 2.24) is 14.7 Å². The lowest BCUT2D eigenvalue weighted by Crippen LogP contribution is -2.28. The van der Waals surface area contributed by atoms with Gasteiger partial charge in [0, 0.05) is 19.9 Å². The molecule has 2 aromatic heterocycles. The molecule has 0 aliphatic heterocycles. The van der Waals surface area contributed by atoms with E-state index in [-0.39, 0.29) is 5.91 Å². The van der Waals surface area contributed by atoms with Crippen LogP contribution in [-0.2, 0) is 11.2 Å². The summed E-state index contributed by atoms with van der Waals surface area (Å²) < 4.78 is 6.79. The summed E-state index contributed by atoms with van der Waals surface area (Å²) in [6.07, 6.45) is 2.61. The summed E-state index contributed by atoms with van der Waals surface area (Å²) in [5, 5.41) is 2.85. The maximum Gasteiger partial charge on any atom is 0.270 e. The molecule has 0 aliphatic carbocycles. The molecule has 102 valence electrons. The number of hydrogen-bond acceptors (Lipinski definition) is 3. The number of aryl methyl sites for hydroxylation is 2. The van der Waals surface area contributed by atoms with Gasteiger partial charge < -0.3 is 10.1 Å². The number of imidazole rings is 1. The van der Waals surface area contributed by atoms with Crippen molar-refractivity contribution in [2.24, 2.45) is 0 Å². The molecule has 5 heteroatoms. The Morgan fingerprint density at radius 1 is 1.53 bits per heavy atom. The molecule has 0 unspecified atom stereocenters. The molecule has 19 heavy (non-hydrogen) atoms. The SMILES string of the molecule is CCc1nc2c(C)cccn2c1C(=O)NCCOC. The normalized spacial score (nSPS) is 10.9. The molecule has 1 amide bonds. The summed E-state index contributed by atoms with van der Waals surface area (Å²) >= 11 is 0. The van der Waals surface area contributed by atoms with Crippen molar-refractivity contribution in [2.45, 2.75) is 20.3 Å². The molecule has 5 nitrogen and oxygen atoms in total. The Morgan fingerprint density at radius 2 is 2.32 bits per heavy atom. The number of fused-ring (bicyclic) bond motifs is 1. The van der Waals surface area contributed by atoms with Crippen LogP contribution in [0, 0.1) is 6.92 Å². The number of hydrogen-bond donors (Lipinski definition) is 1. The highest BCUT2D eigenvalue weighted by Gasteiger charge is 2.18. The maximum atomic E-state index is 12.3. The fourth-order valence-electron chi connectivity index (χ4n) is 2.09. The third-order valence-corrected chi connectivity index (χ3v) is 3.06. The Bertz CT molecular complexity index is 590. The van der Waals surface area contributed by atoms with Crippen LogP contribution >= 0.6 is 0 Å². The predicted octanol–water partition coefficient (Wildman–Crippen LogP) is 1.58. The van der Waals surface area contributed by atoms with Gasteiger partial charge in [-0.2, -0.15) is 0 Å². The lowest BCUT2D eigenvalue weighted by atomic mass is 10.2. The highest BCUT2D eigenvalue weighted by molar-refractivity contribution is 5.94. The first-order valence-corrected chi connectivity index (χ1v) is 6.42. The number of pyridine rings is 1. The molecule has 2 aromatic rings. The number of nitrogens with zero attached hydrogens (tertiary/aromatic N) is 2. The molecule has 0 aromatic carbocycles. The van der Waals surface area contributed by atoms with Crippen LogP contribution in [0.2, 0.25) is 0 Å². The van der Waals surface area contributed by atoms with Gasteiger partial charge in [-0.1, -0.05) is 13.0 Å². The summed E-state index contributed by atoms with van der Waals surface area (Å²) in [6.45, 7) is 5.00. The van der Waals surface area contributed by atoms with E-state index in [1.807, 2.05) is 36.6 Å². The summed E-state index contributed by atoms with van der Waals surface area (Å²) in [5.74, 6) is -0.105. The number of amides is 1. The van der Waals surface area contributed by atoms with Gasteiger partial charge in [-0.3, -0.25) is 9.20 Å². The lowest BCUT2D eigenvalue weighted by Gasteiger charge is -2.06. The Balaban J connectivity index is 2.40. The van der Waals surface area contributed by atoms with Crippen molar-refractivity contribution < 1.29 is 9.53 Å². The zero-order valence-corrected chi connectivity index (χ0v) is 11.6. The van der Waals surface area contributed by atoms with E-state index < -0.39 is 0 Å². The Labute approximate surface area is 112 Å². The van der Waals surface area contributed by atoms with Crippen molar-refractivity contribution >= 4 is 11.6 Å². The van der Waals surface area contributed by atoms with Crippen LogP contribution in [-0.4, -0.2) is 35.6 Å². The minimum absolute atomic E-state index is 0.105. The lowest BCUT2D eigenvalue weighted by molar-refractivity contribution is 0.0930. The van der Waals surface area contributed by atoms with Crippen molar-refractivity contribution in [3.8, 4) is 0 Å². The zero-order chi connectivity index (χ0) is 13.8. The van der Waals surface area contributed by atoms with Gasteiger partial charge in [-0.15, -0.1) is 0 Å². The molecule has 2 heterocycles. The van der Waals surface area contributed by atoms with Crippen molar-refractivity contribution in [3.05, 3.63) is 35.3 Å². The van der Waals surface area contributed by atoms with Gasteiger partial charge in [0.05, 0.1) is 12.3 Å². The van der Waals surface area contributed by atoms with Gasteiger partial charge in [-0.05, 0) is 25.0 Å². The summed E-state index contributed by atoms with van der Waals surface area (Å²) in [5.41, 5.74) is 3.35. The minimum atomic E-state index is -0.105. The monoisotopic (exact) mass is 261 g/mol. The standard InChI is InChI=1S/C14H19N3O2/c1-4-11-12(14(18)15-7-9-19-3)17-8-5-6-10(2)13(17)16-11/h5-6,8H,4,7,9H2,1-3H3,(H,15,18). The summed E-state index contributed by atoms with van der Waals surface area (Å²) in [6, 6.07) is 3.92. The summed E-state index contributed by atoms with van der Waals surface area (Å²) in [4.78, 5) is 16.8. The van der Waals surface area contributed by atoms with Crippen LogP contribution in [0.15, 0.2) is 18.3 Å². The van der Waals surface area contributed by atoms with Crippen molar-refractivity contribution in [2.75, 3.05) is 20.3 Å². The van der Waals surface area contributed by atoms with E-state index in [9.17, 15) is 4.79 Å². The smallest absolute Gasteiger partial charge is 0.270 e. The molecular weight excluding hydrogens is 242 g/mol.